The van der Waals surface area contributed by atoms with Crippen molar-refractivity contribution in [3.63, 3.8) is 0 Å². The molecule has 0 bridgehead atoms. The number of imidazole rings is 1. The predicted octanol–water partition coefficient (Wildman–Crippen LogP) is 2.40. The standard InChI is InChI=1S/C20H19N3O3S/c21-27(25,26)13-7-5-12-6-8-16(20(24)17(12)9-13)19-15-4-2-1-3-14(15)18-10-22-11-23(18)19/h1-5,7,9-11,16,19-20,24H,6,8H2,(H2,21,25,26)/t16?,19-,20+/m1/s1. The van der Waals surface area contributed by atoms with Crippen molar-refractivity contribution in [2.24, 2.45) is 11.1 Å². The average molecular weight is 381 g/mol. The van der Waals surface area contributed by atoms with Crippen molar-refractivity contribution >= 4 is 10.0 Å². The maximum Gasteiger partial charge on any atom is 0.238 e. The van der Waals surface area contributed by atoms with Crippen LogP contribution >= 0.6 is 0 Å². The van der Waals surface area contributed by atoms with Gasteiger partial charge in [0.1, 0.15) is 0 Å². The minimum absolute atomic E-state index is 0.0278. The molecular weight excluding hydrogens is 362 g/mol. The molecule has 3 aromatic rings. The zero-order valence-electron chi connectivity index (χ0n) is 14.5. The van der Waals surface area contributed by atoms with E-state index in [4.69, 9.17) is 5.14 Å². The Balaban J connectivity index is 1.61. The zero-order chi connectivity index (χ0) is 18.8. The molecule has 0 spiro atoms. The van der Waals surface area contributed by atoms with Gasteiger partial charge >= 0.3 is 0 Å². The van der Waals surface area contributed by atoms with Crippen LogP contribution in [0, 0.1) is 5.92 Å². The quantitative estimate of drug-likeness (QED) is 0.712. The van der Waals surface area contributed by atoms with Gasteiger partial charge in [0.2, 0.25) is 10.0 Å². The second kappa shape index (κ2) is 5.76. The van der Waals surface area contributed by atoms with Gasteiger partial charge in [0.25, 0.3) is 0 Å². The van der Waals surface area contributed by atoms with E-state index in [1.54, 1.807) is 6.07 Å². The first-order valence-corrected chi connectivity index (χ1v) is 10.4. The van der Waals surface area contributed by atoms with Crippen molar-refractivity contribution < 1.29 is 13.5 Å². The highest BCUT2D eigenvalue weighted by atomic mass is 32.2. The van der Waals surface area contributed by atoms with Gasteiger partial charge in [-0.25, -0.2) is 18.5 Å². The molecule has 3 N–H and O–H groups in total. The number of rotatable bonds is 2. The van der Waals surface area contributed by atoms with Gasteiger partial charge in [-0.15, -0.1) is 0 Å². The number of benzene rings is 2. The average Bonchev–Trinajstić information content (AvgIpc) is 3.23. The van der Waals surface area contributed by atoms with E-state index in [-0.39, 0.29) is 16.9 Å². The van der Waals surface area contributed by atoms with Crippen LogP contribution in [0.15, 0.2) is 59.9 Å². The molecule has 2 aliphatic rings. The number of aryl methyl sites for hydroxylation is 1. The van der Waals surface area contributed by atoms with Gasteiger partial charge in [0, 0.05) is 11.5 Å². The summed E-state index contributed by atoms with van der Waals surface area (Å²) in [5, 5.41) is 16.5. The van der Waals surface area contributed by atoms with Crippen LogP contribution in [0.5, 0.6) is 0 Å². The summed E-state index contributed by atoms with van der Waals surface area (Å²) in [7, 11) is -3.81. The molecule has 0 saturated carbocycles. The largest absolute Gasteiger partial charge is 0.388 e. The van der Waals surface area contributed by atoms with Gasteiger partial charge in [0.15, 0.2) is 0 Å². The van der Waals surface area contributed by atoms with Gasteiger partial charge in [-0.1, -0.05) is 30.3 Å². The summed E-state index contributed by atoms with van der Waals surface area (Å²) in [6.07, 6.45) is 4.47. The minimum atomic E-state index is -3.81. The third-order valence-corrected chi connectivity index (χ3v) is 6.75. The molecule has 0 radical (unpaired) electrons. The lowest BCUT2D eigenvalue weighted by atomic mass is 9.76. The topological polar surface area (TPSA) is 98.2 Å². The van der Waals surface area contributed by atoms with E-state index < -0.39 is 16.1 Å². The highest BCUT2D eigenvalue weighted by Gasteiger charge is 2.40. The highest BCUT2D eigenvalue weighted by molar-refractivity contribution is 7.89. The Bertz CT molecular complexity index is 1150. The van der Waals surface area contributed by atoms with Gasteiger partial charge in [-0.2, -0.15) is 0 Å². The van der Waals surface area contributed by atoms with Crippen LogP contribution in [-0.2, 0) is 16.4 Å². The van der Waals surface area contributed by atoms with E-state index in [9.17, 15) is 13.5 Å². The molecule has 0 fully saturated rings. The number of aliphatic hydroxyl groups is 1. The van der Waals surface area contributed by atoms with Crippen LogP contribution < -0.4 is 5.14 Å². The molecule has 2 heterocycles. The van der Waals surface area contributed by atoms with Crippen LogP contribution in [0.3, 0.4) is 0 Å². The molecule has 2 aromatic carbocycles. The zero-order valence-corrected chi connectivity index (χ0v) is 15.3. The predicted molar refractivity (Wildman–Crippen MR) is 100 cm³/mol. The van der Waals surface area contributed by atoms with Gasteiger partial charge < -0.3 is 9.67 Å². The third kappa shape index (κ3) is 2.46. The number of hydrogen-bond donors (Lipinski definition) is 2. The van der Waals surface area contributed by atoms with Crippen molar-refractivity contribution in [1.82, 2.24) is 9.55 Å². The van der Waals surface area contributed by atoms with Gasteiger partial charge in [-0.3, -0.25) is 0 Å². The third-order valence-electron chi connectivity index (χ3n) is 5.84. The SMILES string of the molecule is NS(=O)(=O)c1ccc2c(c1)[C@@H](O)C([C@H]1c3ccccc3-c3cncn31)CC2. The maximum absolute atomic E-state index is 11.7. The van der Waals surface area contributed by atoms with E-state index in [0.29, 0.717) is 5.56 Å². The molecule has 138 valence electrons. The number of aromatic nitrogens is 2. The molecule has 7 heteroatoms. The Hall–Kier alpha value is -2.48. The first-order chi connectivity index (χ1) is 12.9. The summed E-state index contributed by atoms with van der Waals surface area (Å²) < 4.78 is 25.6. The Morgan fingerprint density at radius 1 is 1.15 bits per heavy atom. The van der Waals surface area contributed by atoms with Crippen molar-refractivity contribution in [3.8, 4) is 11.3 Å². The van der Waals surface area contributed by atoms with Gasteiger partial charge in [0.05, 0.1) is 35.3 Å². The lowest BCUT2D eigenvalue weighted by Crippen LogP contribution is -2.29. The second-order valence-electron chi connectivity index (χ2n) is 7.27. The summed E-state index contributed by atoms with van der Waals surface area (Å²) in [5.74, 6) is -0.0789. The van der Waals surface area contributed by atoms with Crippen molar-refractivity contribution in [3.05, 3.63) is 71.7 Å². The Morgan fingerprint density at radius 3 is 2.78 bits per heavy atom. The monoisotopic (exact) mass is 381 g/mol. The Morgan fingerprint density at radius 2 is 1.96 bits per heavy atom. The fourth-order valence-electron chi connectivity index (χ4n) is 4.60. The summed E-state index contributed by atoms with van der Waals surface area (Å²) in [5.41, 5.74) is 4.99. The number of primary sulfonamides is 1. The maximum atomic E-state index is 11.7. The number of fused-ring (bicyclic) bond motifs is 4. The lowest BCUT2D eigenvalue weighted by Gasteiger charge is -2.35. The van der Waals surface area contributed by atoms with Crippen LogP contribution in [0.25, 0.3) is 11.3 Å². The molecule has 3 atom stereocenters. The highest BCUT2D eigenvalue weighted by Crippen LogP contribution is 2.49. The number of nitrogens with two attached hydrogens (primary N) is 1. The summed E-state index contributed by atoms with van der Waals surface area (Å²) in [6, 6.07) is 13.0. The van der Waals surface area contributed by atoms with Crippen LogP contribution in [0.4, 0.5) is 0 Å². The number of nitrogens with zero attached hydrogens (tertiary/aromatic N) is 2. The van der Waals surface area contributed by atoms with E-state index >= 15 is 0 Å². The Kier molecular flexibility index (Phi) is 3.56. The molecule has 1 aliphatic carbocycles. The number of hydrogen-bond acceptors (Lipinski definition) is 4. The molecule has 0 saturated heterocycles. The fourth-order valence-corrected chi connectivity index (χ4v) is 5.15. The summed E-state index contributed by atoms with van der Waals surface area (Å²) >= 11 is 0. The second-order valence-corrected chi connectivity index (χ2v) is 8.83. The number of aliphatic hydroxyl groups excluding tert-OH is 1. The van der Waals surface area contributed by atoms with Crippen LogP contribution in [0.2, 0.25) is 0 Å². The smallest absolute Gasteiger partial charge is 0.238 e. The molecule has 1 unspecified atom stereocenters. The minimum Gasteiger partial charge on any atom is -0.388 e. The van der Waals surface area contributed by atoms with Crippen LogP contribution in [0.1, 0.15) is 35.3 Å². The molecule has 5 rings (SSSR count). The van der Waals surface area contributed by atoms with Crippen molar-refractivity contribution in [2.45, 2.75) is 29.9 Å². The molecule has 0 amide bonds. The van der Waals surface area contributed by atoms with E-state index in [1.807, 2.05) is 24.7 Å². The fraction of sp³-hybridized carbons (Fsp3) is 0.250. The van der Waals surface area contributed by atoms with E-state index in [0.717, 1.165) is 29.7 Å². The van der Waals surface area contributed by atoms with Crippen molar-refractivity contribution in [1.29, 1.82) is 0 Å². The van der Waals surface area contributed by atoms with Gasteiger partial charge in [-0.05, 0) is 41.7 Å². The molecule has 1 aromatic heterocycles. The first kappa shape index (κ1) is 16.7. The molecule has 27 heavy (non-hydrogen) atoms. The lowest BCUT2D eigenvalue weighted by molar-refractivity contribution is 0.0718. The molecule has 6 nitrogen and oxygen atoms in total. The molecular formula is C20H19N3O3S. The van der Waals surface area contributed by atoms with E-state index in [2.05, 4.69) is 21.7 Å². The first-order valence-electron chi connectivity index (χ1n) is 8.90. The normalized spacial score (nSPS) is 23.6. The molecule has 1 aliphatic heterocycles. The van der Waals surface area contributed by atoms with E-state index in [1.165, 1.54) is 17.7 Å². The summed E-state index contributed by atoms with van der Waals surface area (Å²) in [6.45, 7) is 0. The summed E-state index contributed by atoms with van der Waals surface area (Å²) in [4.78, 5) is 4.33. The van der Waals surface area contributed by atoms with Crippen molar-refractivity contribution in [2.75, 3.05) is 0 Å². The Labute approximate surface area is 157 Å². The number of sulfonamides is 1. The van der Waals surface area contributed by atoms with Crippen LogP contribution in [-0.4, -0.2) is 23.1 Å².